The quantitative estimate of drug-likeness (QED) is 0.343. The van der Waals surface area contributed by atoms with Crippen molar-refractivity contribution in [1.82, 2.24) is 0 Å². The number of benzene rings is 1. The first-order valence-electron chi connectivity index (χ1n) is 6.11. The summed E-state index contributed by atoms with van der Waals surface area (Å²) in [7, 11) is 0. The molecular weight excluding hydrogens is 266 g/mol. The molecule has 4 N–H and O–H groups in total. The van der Waals surface area contributed by atoms with Crippen molar-refractivity contribution in [3.63, 3.8) is 0 Å². The van der Waals surface area contributed by atoms with E-state index in [0.29, 0.717) is 22.2 Å². The Bertz CT molecular complexity index is 527. The van der Waals surface area contributed by atoms with E-state index in [9.17, 15) is 4.79 Å². The number of nitrogens with zero attached hydrogens (tertiary/aromatic N) is 1. The van der Waals surface area contributed by atoms with Crippen molar-refractivity contribution >= 4 is 29.0 Å². The van der Waals surface area contributed by atoms with Gasteiger partial charge in [0.1, 0.15) is 0 Å². The van der Waals surface area contributed by atoms with E-state index in [1.54, 1.807) is 18.2 Å². The summed E-state index contributed by atoms with van der Waals surface area (Å²) in [6.45, 7) is 1.92. The van der Waals surface area contributed by atoms with Gasteiger partial charge in [-0.15, -0.1) is 0 Å². The normalized spacial score (nSPS) is 17.1. The van der Waals surface area contributed by atoms with Crippen LogP contribution in [0.4, 0.5) is 5.69 Å². The fraction of sp³-hybridized carbons (Fsp3) is 0.385. The summed E-state index contributed by atoms with van der Waals surface area (Å²) in [5, 5.41) is 14.6. The van der Waals surface area contributed by atoms with Crippen molar-refractivity contribution in [2.45, 2.75) is 19.8 Å². The number of nitrogens with one attached hydrogen (secondary N) is 1. The maximum absolute atomic E-state index is 12.0. The highest BCUT2D eigenvalue weighted by Crippen LogP contribution is 2.37. The molecule has 1 aromatic carbocycles. The highest BCUT2D eigenvalue weighted by molar-refractivity contribution is 6.34. The minimum atomic E-state index is -0.0269. The Morgan fingerprint density at radius 3 is 2.79 bits per heavy atom. The van der Waals surface area contributed by atoms with Crippen molar-refractivity contribution in [2.75, 3.05) is 5.32 Å². The molecule has 1 aromatic rings. The number of carbonyl (C=O) groups is 1. The molecule has 1 saturated carbocycles. The van der Waals surface area contributed by atoms with Crippen molar-refractivity contribution in [3.05, 3.63) is 28.8 Å². The number of hydrogen-bond acceptors (Lipinski definition) is 3. The topological polar surface area (TPSA) is 87.7 Å². The fourth-order valence-corrected chi connectivity index (χ4v) is 2.12. The molecule has 1 aliphatic carbocycles. The average Bonchev–Trinajstić information content (AvgIpc) is 3.23. The van der Waals surface area contributed by atoms with Crippen LogP contribution in [0, 0.1) is 11.8 Å². The van der Waals surface area contributed by atoms with Gasteiger partial charge in [0.25, 0.3) is 0 Å². The lowest BCUT2D eigenvalue weighted by atomic mass is 10.1. The van der Waals surface area contributed by atoms with Crippen LogP contribution in [0.3, 0.4) is 0 Å². The van der Waals surface area contributed by atoms with Crippen molar-refractivity contribution in [3.8, 4) is 0 Å². The van der Waals surface area contributed by atoms with E-state index < -0.39 is 0 Å². The van der Waals surface area contributed by atoms with Crippen molar-refractivity contribution in [1.29, 1.82) is 0 Å². The van der Waals surface area contributed by atoms with Gasteiger partial charge in [-0.05, 0) is 37.0 Å². The van der Waals surface area contributed by atoms with Crippen LogP contribution >= 0.6 is 11.6 Å². The average molecular weight is 282 g/mol. The summed E-state index contributed by atoms with van der Waals surface area (Å²) in [5.41, 5.74) is 6.50. The van der Waals surface area contributed by atoms with Gasteiger partial charge in [-0.3, -0.25) is 4.79 Å². The van der Waals surface area contributed by atoms with E-state index in [1.807, 2.05) is 6.92 Å². The molecule has 1 atom stereocenters. The number of nitrogens with two attached hydrogens (primary N) is 1. The van der Waals surface area contributed by atoms with E-state index in [2.05, 4.69) is 10.5 Å². The van der Waals surface area contributed by atoms with Gasteiger partial charge in [0.05, 0.1) is 10.7 Å². The largest absolute Gasteiger partial charge is 0.409 e. The lowest BCUT2D eigenvalue weighted by Gasteiger charge is -2.12. The Morgan fingerprint density at radius 2 is 2.26 bits per heavy atom. The Kier molecular flexibility index (Phi) is 3.95. The number of rotatable bonds is 4. The molecule has 19 heavy (non-hydrogen) atoms. The van der Waals surface area contributed by atoms with Gasteiger partial charge in [-0.2, -0.15) is 0 Å². The molecule has 6 heteroatoms. The number of amides is 1. The number of amidine groups is 1. The molecule has 0 radical (unpaired) electrons. The van der Waals surface area contributed by atoms with Crippen LogP contribution < -0.4 is 11.1 Å². The molecule has 102 valence electrons. The van der Waals surface area contributed by atoms with Gasteiger partial charge < -0.3 is 16.3 Å². The molecule has 0 aliphatic heterocycles. The van der Waals surface area contributed by atoms with Crippen molar-refractivity contribution < 1.29 is 10.0 Å². The minimum Gasteiger partial charge on any atom is -0.409 e. The van der Waals surface area contributed by atoms with Crippen LogP contribution in [0.15, 0.2) is 23.4 Å². The first kappa shape index (κ1) is 13.7. The van der Waals surface area contributed by atoms with Gasteiger partial charge in [-0.25, -0.2) is 0 Å². The second-order valence-electron chi connectivity index (χ2n) is 4.80. The zero-order valence-electron chi connectivity index (χ0n) is 10.6. The molecule has 1 aliphatic rings. The van der Waals surface area contributed by atoms with Gasteiger partial charge in [0.2, 0.25) is 5.91 Å². The lowest BCUT2D eigenvalue weighted by Crippen LogP contribution is -2.22. The number of carbonyl (C=O) groups excluding carboxylic acids is 1. The molecule has 0 saturated heterocycles. The number of anilines is 1. The first-order chi connectivity index (χ1) is 9.02. The first-order valence-corrected chi connectivity index (χ1v) is 6.49. The fourth-order valence-electron chi connectivity index (χ4n) is 1.89. The lowest BCUT2D eigenvalue weighted by molar-refractivity contribution is -0.119. The molecule has 2 rings (SSSR count). The van der Waals surface area contributed by atoms with Crippen LogP contribution in [0.5, 0.6) is 0 Å². The maximum atomic E-state index is 12.0. The summed E-state index contributed by atoms with van der Waals surface area (Å²) in [4.78, 5) is 12.0. The summed E-state index contributed by atoms with van der Waals surface area (Å²) in [5.74, 6) is 0.446. The zero-order chi connectivity index (χ0) is 14.0. The molecular formula is C13H16ClN3O2. The third kappa shape index (κ3) is 3.17. The summed E-state index contributed by atoms with van der Waals surface area (Å²) < 4.78 is 0. The molecule has 0 aromatic heterocycles. The van der Waals surface area contributed by atoms with Gasteiger partial charge >= 0.3 is 0 Å². The summed E-state index contributed by atoms with van der Waals surface area (Å²) in [6, 6.07) is 4.83. The van der Waals surface area contributed by atoms with Crippen molar-refractivity contribution in [2.24, 2.45) is 22.7 Å². The van der Waals surface area contributed by atoms with E-state index in [-0.39, 0.29) is 17.7 Å². The Hall–Kier alpha value is -1.75. The van der Waals surface area contributed by atoms with Gasteiger partial charge in [0.15, 0.2) is 5.84 Å². The molecule has 0 bridgehead atoms. The smallest absolute Gasteiger partial charge is 0.227 e. The van der Waals surface area contributed by atoms with Crippen LogP contribution in [0.25, 0.3) is 0 Å². The highest BCUT2D eigenvalue weighted by atomic mass is 35.5. The molecule has 1 fully saturated rings. The van der Waals surface area contributed by atoms with E-state index >= 15 is 0 Å². The maximum Gasteiger partial charge on any atom is 0.227 e. The molecule has 1 unspecified atom stereocenters. The number of oxime groups is 1. The number of halogens is 1. The van der Waals surface area contributed by atoms with Crippen LogP contribution in [-0.2, 0) is 4.79 Å². The van der Waals surface area contributed by atoms with Gasteiger partial charge in [0, 0.05) is 11.5 Å². The number of hydrogen-bond donors (Lipinski definition) is 3. The molecule has 5 nitrogen and oxygen atoms in total. The Balaban J connectivity index is 2.10. The third-order valence-corrected chi connectivity index (χ3v) is 3.69. The predicted octanol–water partition coefficient (Wildman–Crippen LogP) is 2.42. The summed E-state index contributed by atoms with van der Waals surface area (Å²) in [6.07, 6.45) is 2.23. The second-order valence-corrected chi connectivity index (χ2v) is 5.20. The van der Waals surface area contributed by atoms with Crippen LogP contribution in [-0.4, -0.2) is 17.0 Å². The third-order valence-electron chi connectivity index (χ3n) is 3.37. The standard InChI is InChI=1S/C13H16ClN3O2/c1-7(8-2-3-8)13(18)16-11-5-4-9(6-10(11)14)12(15)17-19/h4-8,19H,2-3H2,1H3,(H2,15,17)(H,16,18). The minimum absolute atomic E-state index is 0.000169. The van der Waals surface area contributed by atoms with Gasteiger partial charge in [-0.1, -0.05) is 23.7 Å². The van der Waals surface area contributed by atoms with E-state index in [0.717, 1.165) is 12.8 Å². The Labute approximate surface area is 116 Å². The predicted molar refractivity (Wildman–Crippen MR) is 74.5 cm³/mol. The SMILES string of the molecule is CC(C(=O)Nc1ccc(/C(N)=N/O)cc1Cl)C1CC1. The molecule has 0 spiro atoms. The summed E-state index contributed by atoms with van der Waals surface area (Å²) >= 11 is 6.07. The van der Waals surface area contributed by atoms with Crippen LogP contribution in [0.2, 0.25) is 5.02 Å². The molecule has 1 amide bonds. The second kappa shape index (κ2) is 5.48. The van der Waals surface area contributed by atoms with Crippen LogP contribution in [0.1, 0.15) is 25.3 Å². The van der Waals surface area contributed by atoms with E-state index in [1.165, 1.54) is 0 Å². The van der Waals surface area contributed by atoms with E-state index in [4.69, 9.17) is 22.5 Å². The molecule has 0 heterocycles. The monoisotopic (exact) mass is 281 g/mol. The highest BCUT2D eigenvalue weighted by Gasteiger charge is 2.32. The zero-order valence-corrected chi connectivity index (χ0v) is 11.3. The Morgan fingerprint density at radius 1 is 1.58 bits per heavy atom.